The normalized spacial score (nSPS) is 14.4. The first kappa shape index (κ1) is 25.0. The summed E-state index contributed by atoms with van der Waals surface area (Å²) >= 11 is 0. The van der Waals surface area contributed by atoms with Crippen LogP contribution < -0.4 is 9.47 Å². The number of carbonyl (C=O) groups is 2. The maximum absolute atomic E-state index is 12.4. The number of allylic oxidation sites excluding steroid dienone is 4. The third-order valence-corrected chi connectivity index (χ3v) is 5.96. The molecule has 3 rings (SSSR count). The lowest BCUT2D eigenvalue weighted by Crippen LogP contribution is -2.20. The highest BCUT2D eigenvalue weighted by Gasteiger charge is 2.24. The van der Waals surface area contributed by atoms with E-state index in [9.17, 15) is 9.59 Å². The molecule has 0 saturated carbocycles. The maximum Gasteiger partial charge on any atom is 0.343 e. The number of rotatable bonds is 9. The van der Waals surface area contributed by atoms with Crippen molar-refractivity contribution in [1.29, 1.82) is 0 Å². The van der Waals surface area contributed by atoms with Crippen LogP contribution in [-0.4, -0.2) is 11.9 Å². The van der Waals surface area contributed by atoms with Crippen molar-refractivity contribution in [2.24, 2.45) is 5.92 Å². The second-order valence-corrected chi connectivity index (χ2v) is 8.78. The SMILES string of the molecule is C=CCC(/C=C\C)C(=O)Oc1ccc(C(C)(C)c2ccc(OC(=O)C3=CCCC=C3)cc2)cc1. The molecule has 176 valence electrons. The molecule has 4 heteroatoms. The van der Waals surface area contributed by atoms with Crippen molar-refractivity contribution in [3.63, 3.8) is 0 Å². The first-order valence-electron chi connectivity index (χ1n) is 11.6. The molecular formula is C30H32O4. The van der Waals surface area contributed by atoms with Gasteiger partial charge >= 0.3 is 11.9 Å². The Balaban J connectivity index is 1.67. The van der Waals surface area contributed by atoms with E-state index in [0.717, 1.165) is 24.0 Å². The predicted octanol–water partition coefficient (Wildman–Crippen LogP) is 6.87. The van der Waals surface area contributed by atoms with Crippen LogP contribution in [0.25, 0.3) is 0 Å². The van der Waals surface area contributed by atoms with Gasteiger partial charge in [0, 0.05) is 5.41 Å². The molecular weight excluding hydrogens is 424 g/mol. The molecule has 2 aromatic carbocycles. The lowest BCUT2D eigenvalue weighted by atomic mass is 9.78. The topological polar surface area (TPSA) is 52.6 Å². The summed E-state index contributed by atoms with van der Waals surface area (Å²) in [5, 5.41) is 0. The molecule has 0 radical (unpaired) electrons. The summed E-state index contributed by atoms with van der Waals surface area (Å²) < 4.78 is 11.1. The third-order valence-electron chi connectivity index (χ3n) is 5.96. The molecule has 2 aromatic rings. The van der Waals surface area contributed by atoms with Gasteiger partial charge in [0.25, 0.3) is 0 Å². The van der Waals surface area contributed by atoms with Crippen molar-refractivity contribution in [2.75, 3.05) is 0 Å². The Labute approximate surface area is 202 Å². The lowest BCUT2D eigenvalue weighted by molar-refractivity contribution is -0.137. The Bertz CT molecular complexity index is 1100. The van der Waals surface area contributed by atoms with Crippen LogP contribution in [0, 0.1) is 5.92 Å². The fraction of sp³-hybridized carbons (Fsp3) is 0.267. The van der Waals surface area contributed by atoms with E-state index in [1.165, 1.54) is 0 Å². The van der Waals surface area contributed by atoms with Crippen molar-refractivity contribution in [2.45, 2.75) is 45.4 Å². The van der Waals surface area contributed by atoms with E-state index in [4.69, 9.17) is 9.47 Å². The van der Waals surface area contributed by atoms with Gasteiger partial charge in [-0.3, -0.25) is 4.79 Å². The van der Waals surface area contributed by atoms with E-state index in [0.29, 0.717) is 23.5 Å². The third kappa shape index (κ3) is 6.22. The Morgan fingerprint density at radius 3 is 2.06 bits per heavy atom. The molecule has 0 spiro atoms. The zero-order valence-corrected chi connectivity index (χ0v) is 20.1. The maximum atomic E-state index is 12.4. The highest BCUT2D eigenvalue weighted by molar-refractivity contribution is 5.93. The number of hydrogen-bond donors (Lipinski definition) is 0. The summed E-state index contributed by atoms with van der Waals surface area (Å²) in [7, 11) is 0. The van der Waals surface area contributed by atoms with Crippen LogP contribution in [0.2, 0.25) is 0 Å². The van der Waals surface area contributed by atoms with Gasteiger partial charge in [0.05, 0.1) is 11.5 Å². The average Bonchev–Trinajstić information content (AvgIpc) is 2.85. The fourth-order valence-electron chi connectivity index (χ4n) is 3.83. The molecule has 0 bridgehead atoms. The van der Waals surface area contributed by atoms with E-state index in [1.807, 2.05) is 85.8 Å². The molecule has 1 atom stereocenters. The van der Waals surface area contributed by atoms with Crippen molar-refractivity contribution >= 4 is 11.9 Å². The number of hydrogen-bond acceptors (Lipinski definition) is 4. The average molecular weight is 457 g/mol. The molecule has 34 heavy (non-hydrogen) atoms. The van der Waals surface area contributed by atoms with Gasteiger partial charge < -0.3 is 9.47 Å². The Morgan fingerprint density at radius 2 is 1.56 bits per heavy atom. The van der Waals surface area contributed by atoms with Crippen LogP contribution in [0.3, 0.4) is 0 Å². The van der Waals surface area contributed by atoms with Crippen molar-refractivity contribution in [1.82, 2.24) is 0 Å². The number of esters is 2. The smallest absolute Gasteiger partial charge is 0.343 e. The molecule has 0 saturated heterocycles. The monoisotopic (exact) mass is 456 g/mol. The lowest BCUT2D eigenvalue weighted by Gasteiger charge is -2.26. The Morgan fingerprint density at radius 1 is 0.971 bits per heavy atom. The molecule has 0 aromatic heterocycles. The van der Waals surface area contributed by atoms with Gasteiger partial charge in [-0.2, -0.15) is 0 Å². The molecule has 1 aliphatic rings. The Hall–Kier alpha value is -3.66. The van der Waals surface area contributed by atoms with Crippen LogP contribution in [0.15, 0.2) is 97.1 Å². The zero-order valence-electron chi connectivity index (χ0n) is 20.1. The molecule has 0 amide bonds. The Kier molecular flexibility index (Phi) is 8.42. The molecule has 0 heterocycles. The van der Waals surface area contributed by atoms with Gasteiger partial charge in [0.2, 0.25) is 0 Å². The van der Waals surface area contributed by atoms with Crippen LogP contribution in [0.5, 0.6) is 11.5 Å². The quantitative estimate of drug-likeness (QED) is 0.235. The summed E-state index contributed by atoms with van der Waals surface area (Å²) in [6.07, 6.45) is 13.4. The number of ether oxygens (including phenoxy) is 2. The van der Waals surface area contributed by atoms with Crippen molar-refractivity contribution in [3.05, 3.63) is 108 Å². The van der Waals surface area contributed by atoms with Gasteiger partial charge in [0.1, 0.15) is 11.5 Å². The fourth-order valence-corrected chi connectivity index (χ4v) is 3.83. The predicted molar refractivity (Wildman–Crippen MR) is 136 cm³/mol. The molecule has 1 unspecified atom stereocenters. The summed E-state index contributed by atoms with van der Waals surface area (Å²) in [5.74, 6) is 0.0578. The van der Waals surface area contributed by atoms with Crippen molar-refractivity contribution < 1.29 is 19.1 Å². The number of carbonyl (C=O) groups excluding carboxylic acids is 2. The van der Waals surface area contributed by atoms with Crippen LogP contribution in [-0.2, 0) is 15.0 Å². The van der Waals surface area contributed by atoms with E-state index in [2.05, 4.69) is 20.4 Å². The number of benzene rings is 2. The summed E-state index contributed by atoms with van der Waals surface area (Å²) in [6.45, 7) is 9.83. The van der Waals surface area contributed by atoms with E-state index < -0.39 is 0 Å². The minimum atomic E-state index is -0.336. The van der Waals surface area contributed by atoms with Crippen LogP contribution in [0.4, 0.5) is 0 Å². The molecule has 1 aliphatic carbocycles. The minimum absolute atomic E-state index is 0.296. The summed E-state index contributed by atoms with van der Waals surface area (Å²) in [5.41, 5.74) is 2.45. The summed E-state index contributed by atoms with van der Waals surface area (Å²) in [6, 6.07) is 15.2. The first-order chi connectivity index (χ1) is 16.3. The zero-order chi connectivity index (χ0) is 24.6. The van der Waals surface area contributed by atoms with Gasteiger partial charge in [-0.1, -0.05) is 74.6 Å². The minimum Gasteiger partial charge on any atom is -0.426 e. The van der Waals surface area contributed by atoms with Crippen LogP contribution in [0.1, 0.15) is 51.2 Å². The summed E-state index contributed by atoms with van der Waals surface area (Å²) in [4.78, 5) is 24.7. The van der Waals surface area contributed by atoms with E-state index in [-0.39, 0.29) is 23.3 Å². The van der Waals surface area contributed by atoms with E-state index in [1.54, 1.807) is 6.08 Å². The molecule has 4 nitrogen and oxygen atoms in total. The molecule has 0 fully saturated rings. The van der Waals surface area contributed by atoms with Gasteiger partial charge in [-0.25, -0.2) is 4.79 Å². The van der Waals surface area contributed by atoms with Crippen LogP contribution >= 0.6 is 0 Å². The second-order valence-electron chi connectivity index (χ2n) is 8.78. The first-order valence-corrected chi connectivity index (χ1v) is 11.6. The highest BCUT2D eigenvalue weighted by atomic mass is 16.5. The van der Waals surface area contributed by atoms with Gasteiger partial charge in [-0.15, -0.1) is 6.58 Å². The van der Waals surface area contributed by atoms with Gasteiger partial charge in [0.15, 0.2) is 0 Å². The van der Waals surface area contributed by atoms with E-state index >= 15 is 0 Å². The van der Waals surface area contributed by atoms with Gasteiger partial charge in [-0.05, 0) is 61.6 Å². The molecule has 0 N–H and O–H groups in total. The standard InChI is InChI=1S/C30H32O4/c1-5-10-22(11-6-2)28(31)33-26-18-14-24(15-19-26)30(3,4)25-16-20-27(21-17-25)34-29(32)23-12-8-7-9-13-23/h5-6,8,11-22H,1,7,9-10H2,2-4H3/b11-6-. The van der Waals surface area contributed by atoms with Crippen molar-refractivity contribution in [3.8, 4) is 11.5 Å². The molecule has 0 aliphatic heterocycles. The largest absolute Gasteiger partial charge is 0.426 e. The highest BCUT2D eigenvalue weighted by Crippen LogP contribution is 2.33. The second kappa shape index (κ2) is 11.5.